The second kappa shape index (κ2) is 8.17. The second-order valence-electron chi connectivity index (χ2n) is 13.0. The molecule has 0 aromatic carbocycles. The van der Waals surface area contributed by atoms with Crippen LogP contribution in [0, 0.1) is 34.0 Å². The number of hydrogen-bond acceptors (Lipinski definition) is 11. The number of aliphatic hydroxyl groups excluding tert-OH is 7. The van der Waals surface area contributed by atoms with Gasteiger partial charge >= 0.3 is 0 Å². The van der Waals surface area contributed by atoms with Gasteiger partial charge in [0.05, 0.1) is 36.9 Å². The molecule has 7 aliphatic rings. The fraction of sp³-hybridized carbons (Fsp3) is 0.923. The van der Waals surface area contributed by atoms with E-state index in [4.69, 9.17) is 14.2 Å². The van der Waals surface area contributed by atoms with Gasteiger partial charge in [-0.1, -0.05) is 20.4 Å². The Balaban J connectivity index is 1.47. The standard InChI is InChI=1S/C26H40O11/c1-10-11-4-5-13-24-9-35-26(34,25(13,19(10)31)20(11)32)21(33)18(24)23(2,3)7-6-14(24)37-22-17(30)16(29)15(28)12(8-27)36-22/h11-22,27-34H,1,4-9H2,2-3H3. The average molecular weight is 529 g/mol. The Kier molecular flexibility index (Phi) is 5.86. The maximum atomic E-state index is 12.0. The fourth-order valence-corrected chi connectivity index (χ4v) is 9.67. The number of fused-ring (bicyclic) bond motifs is 2. The predicted molar refractivity (Wildman–Crippen MR) is 124 cm³/mol. The molecule has 4 aliphatic carbocycles. The lowest BCUT2D eigenvalue weighted by Gasteiger charge is -2.76. The smallest absolute Gasteiger partial charge is 0.203 e. The van der Waals surface area contributed by atoms with Crippen molar-refractivity contribution in [3.05, 3.63) is 12.2 Å². The molecule has 7 fully saturated rings. The van der Waals surface area contributed by atoms with E-state index in [9.17, 15) is 40.9 Å². The molecule has 0 aromatic rings. The largest absolute Gasteiger partial charge is 0.394 e. The molecule has 11 nitrogen and oxygen atoms in total. The van der Waals surface area contributed by atoms with E-state index in [1.807, 2.05) is 13.8 Å². The number of hydrogen-bond donors (Lipinski definition) is 8. The summed E-state index contributed by atoms with van der Waals surface area (Å²) in [5.41, 5.74) is -2.68. The van der Waals surface area contributed by atoms with Crippen molar-refractivity contribution in [2.75, 3.05) is 13.2 Å². The van der Waals surface area contributed by atoms with Crippen LogP contribution in [0.4, 0.5) is 0 Å². The van der Waals surface area contributed by atoms with Gasteiger partial charge < -0.3 is 55.1 Å². The first kappa shape index (κ1) is 26.5. The lowest BCUT2D eigenvalue weighted by molar-refractivity contribution is -0.482. The number of aliphatic hydroxyl groups is 8. The van der Waals surface area contributed by atoms with Gasteiger partial charge in [-0.2, -0.15) is 0 Å². The topological polar surface area (TPSA) is 190 Å². The lowest BCUT2D eigenvalue weighted by Crippen LogP contribution is -2.86. The highest BCUT2D eigenvalue weighted by molar-refractivity contribution is 5.38. The fourth-order valence-electron chi connectivity index (χ4n) is 9.67. The molecule has 210 valence electrons. The van der Waals surface area contributed by atoms with Gasteiger partial charge in [0, 0.05) is 17.3 Å². The summed E-state index contributed by atoms with van der Waals surface area (Å²) in [7, 11) is 0. The van der Waals surface area contributed by atoms with Crippen LogP contribution in [0.2, 0.25) is 0 Å². The summed E-state index contributed by atoms with van der Waals surface area (Å²) < 4.78 is 18.1. The van der Waals surface area contributed by atoms with Crippen molar-refractivity contribution in [3.8, 4) is 0 Å². The van der Waals surface area contributed by atoms with Crippen molar-refractivity contribution >= 4 is 0 Å². The Morgan fingerprint density at radius 1 is 0.973 bits per heavy atom. The molecule has 7 rings (SSSR count). The summed E-state index contributed by atoms with van der Waals surface area (Å²) >= 11 is 0. The van der Waals surface area contributed by atoms with Gasteiger partial charge in [0.2, 0.25) is 5.79 Å². The zero-order chi connectivity index (χ0) is 26.9. The molecule has 11 heteroatoms. The highest BCUT2D eigenvalue weighted by atomic mass is 16.7. The minimum absolute atomic E-state index is 0.0141. The monoisotopic (exact) mass is 528 g/mol. The van der Waals surface area contributed by atoms with E-state index < -0.39 is 102 Å². The molecule has 0 amide bonds. The van der Waals surface area contributed by atoms with Crippen LogP contribution in [0.15, 0.2) is 12.2 Å². The minimum Gasteiger partial charge on any atom is -0.394 e. The van der Waals surface area contributed by atoms with Crippen LogP contribution >= 0.6 is 0 Å². The van der Waals surface area contributed by atoms with Crippen LogP contribution in [0.3, 0.4) is 0 Å². The highest BCUT2D eigenvalue weighted by Gasteiger charge is 2.86. The van der Waals surface area contributed by atoms with E-state index in [0.29, 0.717) is 31.3 Å². The van der Waals surface area contributed by atoms with Crippen molar-refractivity contribution < 1.29 is 55.1 Å². The zero-order valence-electron chi connectivity index (χ0n) is 21.2. The van der Waals surface area contributed by atoms with Gasteiger partial charge in [0.15, 0.2) is 6.29 Å². The molecular formula is C26H40O11. The Morgan fingerprint density at radius 2 is 1.68 bits per heavy atom. The molecule has 4 saturated carbocycles. The summed E-state index contributed by atoms with van der Waals surface area (Å²) in [6.07, 6.45) is -9.86. The molecule has 15 atom stereocenters. The van der Waals surface area contributed by atoms with Gasteiger partial charge in [0.25, 0.3) is 0 Å². The lowest BCUT2D eigenvalue weighted by atomic mass is 9.35. The van der Waals surface area contributed by atoms with Crippen molar-refractivity contribution in [1.82, 2.24) is 0 Å². The van der Waals surface area contributed by atoms with Crippen LogP contribution in [0.25, 0.3) is 0 Å². The van der Waals surface area contributed by atoms with Gasteiger partial charge in [-0.3, -0.25) is 0 Å². The molecule has 2 spiro atoms. The summed E-state index contributed by atoms with van der Waals surface area (Å²) in [4.78, 5) is 0. The van der Waals surface area contributed by atoms with Crippen LogP contribution in [0.1, 0.15) is 39.5 Å². The first-order valence-corrected chi connectivity index (χ1v) is 13.4. The van der Waals surface area contributed by atoms with Gasteiger partial charge in [0.1, 0.15) is 30.5 Å². The zero-order valence-corrected chi connectivity index (χ0v) is 21.2. The van der Waals surface area contributed by atoms with Crippen LogP contribution in [-0.4, -0.2) is 115 Å². The Morgan fingerprint density at radius 3 is 2.35 bits per heavy atom. The number of rotatable bonds is 3. The number of ether oxygens (including phenoxy) is 3. The van der Waals surface area contributed by atoms with Crippen molar-refractivity contribution in [2.24, 2.45) is 34.0 Å². The molecule has 37 heavy (non-hydrogen) atoms. The highest BCUT2D eigenvalue weighted by Crippen LogP contribution is 2.77. The molecule has 4 bridgehead atoms. The van der Waals surface area contributed by atoms with Crippen molar-refractivity contribution in [3.63, 3.8) is 0 Å². The van der Waals surface area contributed by atoms with E-state index in [1.165, 1.54) is 0 Å². The van der Waals surface area contributed by atoms with E-state index in [-0.39, 0.29) is 6.61 Å². The van der Waals surface area contributed by atoms with E-state index >= 15 is 0 Å². The third-order valence-electron chi connectivity index (χ3n) is 11.2. The van der Waals surface area contributed by atoms with Gasteiger partial charge in [-0.25, -0.2) is 0 Å². The third-order valence-corrected chi connectivity index (χ3v) is 11.2. The van der Waals surface area contributed by atoms with E-state index in [0.717, 1.165) is 0 Å². The minimum atomic E-state index is -2.21. The molecule has 8 N–H and O–H groups in total. The quantitative estimate of drug-likeness (QED) is 0.189. The average Bonchev–Trinajstić information content (AvgIpc) is 2.95. The maximum Gasteiger partial charge on any atom is 0.203 e. The van der Waals surface area contributed by atoms with Gasteiger partial charge in [-0.15, -0.1) is 0 Å². The Labute approximate surface area is 215 Å². The Bertz CT molecular complexity index is 957. The third kappa shape index (κ3) is 2.89. The van der Waals surface area contributed by atoms with E-state index in [1.54, 1.807) is 0 Å². The normalized spacial score (nSPS) is 60.2. The molecular weight excluding hydrogens is 488 g/mol. The molecule has 0 aromatic heterocycles. The Hall–Kier alpha value is -0.700. The first-order chi connectivity index (χ1) is 17.3. The van der Waals surface area contributed by atoms with Crippen molar-refractivity contribution in [2.45, 2.75) is 100 Å². The molecule has 3 aliphatic heterocycles. The summed E-state index contributed by atoms with van der Waals surface area (Å²) in [6.45, 7) is 7.43. The molecule has 15 unspecified atom stereocenters. The van der Waals surface area contributed by atoms with Crippen LogP contribution in [-0.2, 0) is 14.2 Å². The predicted octanol–water partition coefficient (Wildman–Crippen LogP) is -2.01. The SMILES string of the molecule is C=C1C2CCC3C45COC(O)(C(O)C4C(C)(C)CCC5OC4OC(CO)C(O)C(O)C4O)C3(C1O)C2O. The summed E-state index contributed by atoms with van der Waals surface area (Å²) in [5, 5.41) is 87.9. The molecule has 3 saturated heterocycles. The molecule has 0 radical (unpaired) electrons. The summed E-state index contributed by atoms with van der Waals surface area (Å²) in [6, 6.07) is 0. The molecule has 3 heterocycles. The van der Waals surface area contributed by atoms with Crippen LogP contribution in [0.5, 0.6) is 0 Å². The maximum absolute atomic E-state index is 12.0. The second-order valence-corrected chi connectivity index (χ2v) is 13.0. The van der Waals surface area contributed by atoms with Gasteiger partial charge in [-0.05, 0) is 42.6 Å². The van der Waals surface area contributed by atoms with Crippen molar-refractivity contribution in [1.29, 1.82) is 0 Å². The van der Waals surface area contributed by atoms with Crippen LogP contribution < -0.4 is 0 Å². The van der Waals surface area contributed by atoms with E-state index in [2.05, 4.69) is 6.58 Å². The summed E-state index contributed by atoms with van der Waals surface area (Å²) in [5.74, 6) is -3.73. The first-order valence-electron chi connectivity index (χ1n) is 13.4.